The van der Waals surface area contributed by atoms with E-state index in [1.807, 2.05) is 20.8 Å². The average molecular weight is 453 g/mol. The quantitative estimate of drug-likeness (QED) is 0.188. The van der Waals surface area contributed by atoms with Gasteiger partial charge in [0, 0.05) is 20.0 Å². The molecule has 0 saturated heterocycles. The van der Waals surface area contributed by atoms with Crippen molar-refractivity contribution in [3.63, 3.8) is 0 Å². The van der Waals surface area contributed by atoms with Crippen molar-refractivity contribution in [3.8, 4) is 0 Å². The molecular formula is C19H36N2O8S. The smallest absolute Gasteiger partial charge is 0.356 e. The maximum absolute atomic E-state index is 11.9. The molecule has 0 heterocycles. The molecule has 2 N–H and O–H groups in total. The van der Waals surface area contributed by atoms with Gasteiger partial charge in [0.15, 0.2) is 0 Å². The molecule has 0 unspecified atom stereocenters. The molecule has 0 fully saturated rings. The highest BCUT2D eigenvalue weighted by Gasteiger charge is 2.29. The Labute approximate surface area is 179 Å². The van der Waals surface area contributed by atoms with Crippen molar-refractivity contribution >= 4 is 28.1 Å². The van der Waals surface area contributed by atoms with Crippen LogP contribution in [0.15, 0.2) is 0 Å². The lowest BCUT2D eigenvalue weighted by atomic mass is 9.89. The summed E-state index contributed by atoms with van der Waals surface area (Å²) in [6, 6.07) is 0. The van der Waals surface area contributed by atoms with Crippen LogP contribution in [0, 0.1) is 10.8 Å². The number of rotatable bonds is 13. The number of carbonyl (C=O) groups excluding carboxylic acids is 3. The molecule has 176 valence electrons. The predicted octanol–water partition coefficient (Wildman–Crippen LogP) is 2.29. The summed E-state index contributed by atoms with van der Waals surface area (Å²) < 4.78 is 28.9. The molecule has 0 aliphatic rings. The molecule has 0 atom stereocenters. The van der Waals surface area contributed by atoms with Crippen LogP contribution < -0.4 is 10.6 Å². The zero-order chi connectivity index (χ0) is 23.4. The van der Waals surface area contributed by atoms with Gasteiger partial charge >= 0.3 is 12.1 Å². The van der Waals surface area contributed by atoms with Crippen LogP contribution in [0.4, 0.5) is 4.79 Å². The van der Waals surface area contributed by atoms with Gasteiger partial charge in [-0.15, -0.1) is 0 Å². The van der Waals surface area contributed by atoms with Crippen LogP contribution in [0.2, 0.25) is 0 Å². The number of nitrogens with one attached hydrogen (secondary N) is 2. The van der Waals surface area contributed by atoms with Gasteiger partial charge in [0.1, 0.15) is 0 Å². The normalized spacial score (nSPS) is 12.2. The van der Waals surface area contributed by atoms with E-state index in [0.29, 0.717) is 19.3 Å². The minimum Gasteiger partial charge on any atom is -0.356 e. The van der Waals surface area contributed by atoms with Crippen molar-refractivity contribution < 1.29 is 36.8 Å². The van der Waals surface area contributed by atoms with E-state index in [1.54, 1.807) is 13.8 Å². The summed E-state index contributed by atoms with van der Waals surface area (Å²) >= 11 is 0. The van der Waals surface area contributed by atoms with Gasteiger partial charge in [0.05, 0.1) is 17.8 Å². The summed E-state index contributed by atoms with van der Waals surface area (Å²) in [7, 11) is -3.68. The van der Waals surface area contributed by atoms with E-state index in [9.17, 15) is 22.8 Å². The van der Waals surface area contributed by atoms with Gasteiger partial charge in [-0.05, 0) is 44.9 Å². The lowest BCUT2D eigenvalue weighted by Crippen LogP contribution is -2.31. The summed E-state index contributed by atoms with van der Waals surface area (Å²) in [6.07, 6.45) is 1.07. The Morgan fingerprint density at radius 3 is 2.10 bits per heavy atom. The zero-order valence-electron chi connectivity index (χ0n) is 18.8. The third-order valence-electron chi connectivity index (χ3n) is 4.50. The topological polar surface area (TPSA) is 137 Å². The van der Waals surface area contributed by atoms with Crippen molar-refractivity contribution in [3.05, 3.63) is 0 Å². The minimum atomic E-state index is -3.68. The zero-order valence-corrected chi connectivity index (χ0v) is 19.6. The summed E-state index contributed by atoms with van der Waals surface area (Å²) in [5.74, 6) is -1.02. The van der Waals surface area contributed by atoms with E-state index >= 15 is 0 Å². The second-order valence-corrected chi connectivity index (χ2v) is 10.3. The van der Waals surface area contributed by atoms with Gasteiger partial charge in [-0.25, -0.2) is 19.4 Å². The van der Waals surface area contributed by atoms with Crippen LogP contribution in [0.1, 0.15) is 67.2 Å². The molecule has 0 aromatic heterocycles. The summed E-state index contributed by atoms with van der Waals surface area (Å²) in [4.78, 5) is 43.0. The fraction of sp³-hybridized carbons (Fsp3) is 0.842. The molecule has 0 aromatic carbocycles. The largest absolute Gasteiger partial charge is 0.450 e. The average Bonchev–Trinajstić information content (AvgIpc) is 2.65. The third-order valence-corrected chi connectivity index (χ3v) is 5.77. The molecule has 0 saturated carbocycles. The minimum absolute atomic E-state index is 0.00360. The van der Waals surface area contributed by atoms with Crippen LogP contribution in [0.3, 0.4) is 0 Å². The highest BCUT2D eigenvalue weighted by Crippen LogP contribution is 2.23. The van der Waals surface area contributed by atoms with Crippen molar-refractivity contribution in [2.24, 2.45) is 10.8 Å². The van der Waals surface area contributed by atoms with Crippen LogP contribution in [-0.2, 0) is 33.7 Å². The van der Waals surface area contributed by atoms with E-state index in [2.05, 4.69) is 20.4 Å². The second kappa shape index (κ2) is 12.7. The standard InChI is InChI=1S/C19H36N2O8S/c1-7-19(5,6)16(23)28-29-17(24)21-11-8-10-18(3,4)14-27-30(25,26)13-9-12-20-15(2)22/h7-14H2,1-6H3,(H,20,22)(H,21,24). The third kappa shape index (κ3) is 13.4. The molecule has 2 amide bonds. The number of hydrogen-bond donors (Lipinski definition) is 2. The summed E-state index contributed by atoms with van der Waals surface area (Å²) in [6.45, 7) is 10.8. The molecule has 0 aliphatic heterocycles. The van der Waals surface area contributed by atoms with E-state index in [4.69, 9.17) is 4.18 Å². The van der Waals surface area contributed by atoms with Crippen molar-refractivity contribution in [1.82, 2.24) is 10.6 Å². The lowest BCUT2D eigenvalue weighted by molar-refractivity contribution is -0.241. The first-order valence-electron chi connectivity index (χ1n) is 9.99. The molecule has 11 heteroatoms. The summed E-state index contributed by atoms with van der Waals surface area (Å²) in [5, 5.41) is 4.99. The Bertz CT molecular complexity index is 674. The van der Waals surface area contributed by atoms with Crippen LogP contribution in [0.25, 0.3) is 0 Å². The SMILES string of the molecule is CCC(C)(C)C(=O)OOC(=O)NCCCC(C)(C)COS(=O)(=O)CCCNC(C)=O. The Kier molecular flexibility index (Phi) is 11.9. The van der Waals surface area contributed by atoms with Crippen molar-refractivity contribution in [2.75, 3.05) is 25.4 Å². The molecule has 0 radical (unpaired) electrons. The first kappa shape index (κ1) is 28.1. The maximum atomic E-state index is 11.9. The van der Waals surface area contributed by atoms with Gasteiger partial charge in [-0.1, -0.05) is 20.8 Å². The predicted molar refractivity (Wildman–Crippen MR) is 111 cm³/mol. The number of amides is 2. The number of carbonyl (C=O) groups is 3. The van der Waals surface area contributed by atoms with Crippen molar-refractivity contribution in [2.45, 2.75) is 67.2 Å². The molecule has 0 aliphatic carbocycles. The van der Waals surface area contributed by atoms with Gasteiger partial charge in [0.25, 0.3) is 10.1 Å². The monoisotopic (exact) mass is 452 g/mol. The molecular weight excluding hydrogens is 416 g/mol. The first-order chi connectivity index (χ1) is 13.7. The summed E-state index contributed by atoms with van der Waals surface area (Å²) in [5.41, 5.74) is -1.18. The maximum Gasteiger partial charge on any atom is 0.450 e. The number of hydrogen-bond acceptors (Lipinski definition) is 8. The molecule has 0 rings (SSSR count). The van der Waals surface area contributed by atoms with E-state index in [-0.39, 0.29) is 37.8 Å². The first-order valence-corrected chi connectivity index (χ1v) is 11.6. The Hall–Kier alpha value is -1.88. The molecule has 0 aromatic rings. The Morgan fingerprint density at radius 2 is 1.53 bits per heavy atom. The molecule has 0 spiro atoms. The fourth-order valence-corrected chi connectivity index (χ4v) is 3.13. The Balaban J connectivity index is 4.10. The molecule has 0 bridgehead atoms. The van der Waals surface area contributed by atoms with Crippen LogP contribution in [0.5, 0.6) is 0 Å². The highest BCUT2D eigenvalue weighted by atomic mass is 32.2. The van der Waals surface area contributed by atoms with Gasteiger partial charge < -0.3 is 10.6 Å². The van der Waals surface area contributed by atoms with Gasteiger partial charge in [0.2, 0.25) is 5.91 Å². The molecule has 10 nitrogen and oxygen atoms in total. The Morgan fingerprint density at radius 1 is 0.933 bits per heavy atom. The van der Waals surface area contributed by atoms with E-state index in [1.165, 1.54) is 6.92 Å². The van der Waals surface area contributed by atoms with Gasteiger partial charge in [-0.2, -0.15) is 8.42 Å². The van der Waals surface area contributed by atoms with E-state index in [0.717, 1.165) is 0 Å². The van der Waals surface area contributed by atoms with Gasteiger partial charge in [-0.3, -0.25) is 8.98 Å². The fourth-order valence-electron chi connectivity index (χ4n) is 2.01. The highest BCUT2D eigenvalue weighted by molar-refractivity contribution is 7.86. The van der Waals surface area contributed by atoms with Crippen LogP contribution in [-0.4, -0.2) is 51.8 Å². The molecule has 30 heavy (non-hydrogen) atoms. The lowest BCUT2D eigenvalue weighted by Gasteiger charge is -2.24. The van der Waals surface area contributed by atoms with Crippen molar-refractivity contribution in [1.29, 1.82) is 0 Å². The van der Waals surface area contributed by atoms with Crippen LogP contribution >= 0.6 is 0 Å². The second-order valence-electron chi connectivity index (χ2n) is 8.53. The van der Waals surface area contributed by atoms with E-state index < -0.39 is 33.0 Å².